The molecule has 1 N–H and O–H groups in total. The molecule has 2 aromatic carbocycles. The lowest BCUT2D eigenvalue weighted by atomic mass is 9.92. The summed E-state index contributed by atoms with van der Waals surface area (Å²) in [7, 11) is 0. The third-order valence-electron chi connectivity index (χ3n) is 5.75. The summed E-state index contributed by atoms with van der Waals surface area (Å²) in [5.74, 6) is -1.72. The molecule has 0 bridgehead atoms. The van der Waals surface area contributed by atoms with E-state index in [4.69, 9.17) is 4.74 Å². The fraction of sp³-hybridized carbons (Fsp3) is 0.304. The van der Waals surface area contributed by atoms with Crippen molar-refractivity contribution in [2.24, 2.45) is 0 Å². The first-order valence-corrected chi connectivity index (χ1v) is 10.1. The van der Waals surface area contributed by atoms with Crippen molar-refractivity contribution in [3.05, 3.63) is 65.7 Å². The highest BCUT2D eigenvalue weighted by molar-refractivity contribution is 6.09. The first-order chi connectivity index (χ1) is 14.8. The maximum Gasteiger partial charge on any atom is 0.326 e. The van der Waals surface area contributed by atoms with Crippen molar-refractivity contribution in [2.45, 2.75) is 31.8 Å². The van der Waals surface area contributed by atoms with Crippen LogP contribution in [0.15, 0.2) is 54.6 Å². The zero-order valence-electron chi connectivity index (χ0n) is 17.3. The van der Waals surface area contributed by atoms with Gasteiger partial charge in [0.2, 0.25) is 0 Å². The molecular weight excluding hydrogens is 398 g/mol. The van der Waals surface area contributed by atoms with Crippen LogP contribution in [0.1, 0.15) is 25.0 Å². The lowest BCUT2D eigenvalue weighted by Gasteiger charge is -2.23. The number of carbonyl (C=O) groups excluding carboxylic acids is 4. The van der Waals surface area contributed by atoms with E-state index in [1.54, 1.807) is 42.2 Å². The van der Waals surface area contributed by atoms with Gasteiger partial charge in [0.05, 0.1) is 0 Å². The molecule has 8 nitrogen and oxygen atoms in total. The topological polar surface area (TPSA) is 96.0 Å². The first-order valence-electron chi connectivity index (χ1n) is 10.1. The van der Waals surface area contributed by atoms with Gasteiger partial charge in [0, 0.05) is 11.7 Å². The number of imide groups is 1. The molecule has 2 aliphatic rings. The molecule has 2 aliphatic heterocycles. The normalized spacial score (nSPS) is 22.3. The summed E-state index contributed by atoms with van der Waals surface area (Å²) in [6.45, 7) is 2.49. The number of carbonyl (C=O) groups is 4. The third kappa shape index (κ3) is 3.65. The second kappa shape index (κ2) is 7.86. The number of nitrogens with zero attached hydrogens (tertiary/aromatic N) is 2. The van der Waals surface area contributed by atoms with Crippen molar-refractivity contribution in [1.29, 1.82) is 0 Å². The summed E-state index contributed by atoms with van der Waals surface area (Å²) >= 11 is 0. The molecular formula is C23H23N3O5. The number of fused-ring (bicyclic) bond motifs is 1. The predicted molar refractivity (Wildman–Crippen MR) is 112 cm³/mol. The van der Waals surface area contributed by atoms with Crippen LogP contribution in [0.2, 0.25) is 0 Å². The summed E-state index contributed by atoms with van der Waals surface area (Å²) in [5, 5.41) is 2.63. The number of para-hydroxylation sites is 1. The minimum absolute atomic E-state index is 0.0406. The summed E-state index contributed by atoms with van der Waals surface area (Å²) in [4.78, 5) is 52.6. The molecule has 1 fully saturated rings. The van der Waals surface area contributed by atoms with Crippen molar-refractivity contribution in [1.82, 2.24) is 10.2 Å². The quantitative estimate of drug-likeness (QED) is 0.588. The minimum Gasteiger partial charge on any atom is -0.454 e. The van der Waals surface area contributed by atoms with E-state index < -0.39 is 36.6 Å². The van der Waals surface area contributed by atoms with Gasteiger partial charge in [-0.2, -0.15) is 0 Å². The number of nitrogens with one attached hydrogen (secondary N) is 1. The Balaban J connectivity index is 1.38. The molecule has 0 aromatic heterocycles. The largest absolute Gasteiger partial charge is 0.454 e. The number of hydrogen-bond donors (Lipinski definition) is 1. The molecule has 2 heterocycles. The Hall–Kier alpha value is -3.68. The lowest BCUT2D eigenvalue weighted by molar-refractivity contribution is -0.150. The van der Waals surface area contributed by atoms with Crippen molar-refractivity contribution >= 4 is 29.5 Å². The SMILES string of the molecule is C[C@@H]1Cc2ccccc2N1C(=O)COC(=O)CN1C(=O)N[C@@](C)(c2ccccc2)C1=O. The van der Waals surface area contributed by atoms with Crippen LogP contribution in [-0.4, -0.2) is 47.9 Å². The number of amides is 4. The Kier molecular flexibility index (Phi) is 5.22. The zero-order valence-corrected chi connectivity index (χ0v) is 17.3. The second-order valence-corrected chi connectivity index (χ2v) is 7.92. The average Bonchev–Trinajstić information content (AvgIpc) is 3.21. The number of hydrogen-bond acceptors (Lipinski definition) is 5. The van der Waals surface area contributed by atoms with Gasteiger partial charge >= 0.3 is 12.0 Å². The highest BCUT2D eigenvalue weighted by atomic mass is 16.5. The van der Waals surface area contributed by atoms with E-state index >= 15 is 0 Å². The molecule has 8 heteroatoms. The molecule has 2 atom stereocenters. The molecule has 0 radical (unpaired) electrons. The van der Waals surface area contributed by atoms with Crippen LogP contribution in [0, 0.1) is 0 Å². The highest BCUT2D eigenvalue weighted by Crippen LogP contribution is 2.32. The number of benzene rings is 2. The molecule has 31 heavy (non-hydrogen) atoms. The van der Waals surface area contributed by atoms with Gasteiger partial charge in [-0.1, -0.05) is 48.5 Å². The number of esters is 1. The predicted octanol–water partition coefficient (Wildman–Crippen LogP) is 1.97. The van der Waals surface area contributed by atoms with Crippen molar-refractivity contribution in [3.63, 3.8) is 0 Å². The first kappa shape index (κ1) is 20.6. The standard InChI is InChI=1S/C23H23N3O5/c1-15-12-16-8-6-7-11-18(16)26(15)19(27)14-31-20(28)13-25-21(29)23(2,24-22(25)30)17-9-4-3-5-10-17/h3-11,15H,12-14H2,1-2H3,(H,24,30)/t15-,23+/m1/s1. The molecule has 2 aromatic rings. The minimum atomic E-state index is -1.26. The van der Waals surface area contributed by atoms with Crippen LogP contribution in [0.4, 0.5) is 10.5 Å². The summed E-state index contributed by atoms with van der Waals surface area (Å²) in [6, 6.07) is 15.7. The van der Waals surface area contributed by atoms with E-state index in [9.17, 15) is 19.2 Å². The number of anilines is 1. The molecule has 0 saturated carbocycles. The van der Waals surface area contributed by atoms with Gasteiger partial charge in [-0.05, 0) is 37.5 Å². The van der Waals surface area contributed by atoms with Crippen molar-refractivity contribution < 1.29 is 23.9 Å². The van der Waals surface area contributed by atoms with E-state index in [-0.39, 0.29) is 11.9 Å². The number of urea groups is 1. The number of ether oxygens (including phenoxy) is 1. The van der Waals surface area contributed by atoms with Gasteiger partial charge < -0.3 is 15.0 Å². The average molecular weight is 421 g/mol. The van der Waals surface area contributed by atoms with Crippen LogP contribution in [0.25, 0.3) is 0 Å². The zero-order chi connectivity index (χ0) is 22.2. The third-order valence-corrected chi connectivity index (χ3v) is 5.75. The summed E-state index contributed by atoms with van der Waals surface area (Å²) < 4.78 is 5.11. The van der Waals surface area contributed by atoms with Gasteiger partial charge in [-0.15, -0.1) is 0 Å². The highest BCUT2D eigenvalue weighted by Gasteiger charge is 2.49. The van der Waals surface area contributed by atoms with Crippen LogP contribution >= 0.6 is 0 Å². The van der Waals surface area contributed by atoms with E-state index in [1.807, 2.05) is 31.2 Å². The van der Waals surface area contributed by atoms with Gasteiger partial charge in [-0.3, -0.25) is 19.3 Å². The Labute approximate surface area is 179 Å². The monoisotopic (exact) mass is 421 g/mol. The van der Waals surface area contributed by atoms with E-state index in [0.717, 1.165) is 22.6 Å². The Morgan fingerprint density at radius 2 is 1.77 bits per heavy atom. The van der Waals surface area contributed by atoms with Crippen molar-refractivity contribution in [3.8, 4) is 0 Å². The van der Waals surface area contributed by atoms with E-state index in [1.165, 1.54) is 0 Å². The smallest absolute Gasteiger partial charge is 0.326 e. The number of rotatable bonds is 5. The lowest BCUT2D eigenvalue weighted by Crippen LogP contribution is -2.42. The maximum atomic E-state index is 12.9. The fourth-order valence-corrected chi connectivity index (χ4v) is 4.14. The molecule has 4 amide bonds. The van der Waals surface area contributed by atoms with Gasteiger partial charge in [-0.25, -0.2) is 4.79 Å². The fourth-order valence-electron chi connectivity index (χ4n) is 4.14. The molecule has 4 rings (SSSR count). The van der Waals surface area contributed by atoms with E-state index in [0.29, 0.717) is 5.56 Å². The Bertz CT molecular complexity index is 1050. The molecule has 0 aliphatic carbocycles. The molecule has 0 spiro atoms. The Morgan fingerprint density at radius 1 is 1.10 bits per heavy atom. The van der Waals surface area contributed by atoms with Gasteiger partial charge in [0.25, 0.3) is 11.8 Å². The molecule has 0 unspecified atom stereocenters. The second-order valence-electron chi connectivity index (χ2n) is 7.92. The summed E-state index contributed by atoms with van der Waals surface area (Å²) in [5.41, 5.74) is 1.22. The summed E-state index contributed by atoms with van der Waals surface area (Å²) in [6.07, 6.45) is 0.733. The van der Waals surface area contributed by atoms with Gasteiger partial charge in [0.1, 0.15) is 12.1 Å². The molecule has 160 valence electrons. The van der Waals surface area contributed by atoms with Crippen LogP contribution in [-0.2, 0) is 31.1 Å². The molecule has 1 saturated heterocycles. The van der Waals surface area contributed by atoms with Crippen LogP contribution < -0.4 is 10.2 Å². The van der Waals surface area contributed by atoms with Gasteiger partial charge in [0.15, 0.2) is 6.61 Å². The van der Waals surface area contributed by atoms with E-state index in [2.05, 4.69) is 5.32 Å². The maximum absolute atomic E-state index is 12.9. The van der Waals surface area contributed by atoms with Crippen LogP contribution in [0.3, 0.4) is 0 Å². The van der Waals surface area contributed by atoms with Crippen molar-refractivity contribution in [2.75, 3.05) is 18.1 Å². The van der Waals surface area contributed by atoms with Crippen LogP contribution in [0.5, 0.6) is 0 Å². The Morgan fingerprint density at radius 3 is 2.52 bits per heavy atom.